The normalized spacial score (nSPS) is 19.7. The van der Waals surface area contributed by atoms with Gasteiger partial charge in [0.1, 0.15) is 0 Å². The monoisotopic (exact) mass is 171 g/mol. The molecule has 1 heterocycles. The Bertz CT molecular complexity index is 153. The first kappa shape index (κ1) is 9.48. The first-order valence-electron chi connectivity index (χ1n) is 4.30. The van der Waals surface area contributed by atoms with Crippen LogP contribution >= 0.6 is 0 Å². The van der Waals surface area contributed by atoms with Crippen molar-refractivity contribution >= 4 is 5.91 Å². The van der Waals surface area contributed by atoms with E-state index in [1.807, 2.05) is 4.90 Å². The van der Waals surface area contributed by atoms with Gasteiger partial charge in [-0.1, -0.05) is 0 Å². The summed E-state index contributed by atoms with van der Waals surface area (Å²) in [7, 11) is 0. The molecule has 69 valence electrons. The Kier molecular flexibility index (Phi) is 3.49. The van der Waals surface area contributed by atoms with E-state index < -0.39 is 0 Å². The quantitative estimate of drug-likeness (QED) is 0.566. The van der Waals surface area contributed by atoms with E-state index in [0.717, 1.165) is 26.2 Å². The van der Waals surface area contributed by atoms with Crippen molar-refractivity contribution in [2.75, 3.05) is 39.3 Å². The summed E-state index contributed by atoms with van der Waals surface area (Å²) in [5.41, 5.74) is 0. The molecule has 1 aliphatic rings. The molecule has 0 saturated carbocycles. The Morgan fingerprint density at radius 2 is 1.83 bits per heavy atom. The molecule has 1 amide bonds. The molecule has 0 unspecified atom stereocenters. The largest absolute Gasteiger partial charge is 0.340 e. The zero-order valence-electron chi connectivity index (χ0n) is 7.45. The van der Waals surface area contributed by atoms with Crippen LogP contribution in [0.1, 0.15) is 6.92 Å². The molecular weight excluding hydrogens is 156 g/mol. The van der Waals surface area contributed by atoms with Gasteiger partial charge in [-0.15, -0.1) is 0 Å². The van der Waals surface area contributed by atoms with Crippen molar-refractivity contribution in [2.45, 2.75) is 6.92 Å². The van der Waals surface area contributed by atoms with Gasteiger partial charge in [0.15, 0.2) is 0 Å². The van der Waals surface area contributed by atoms with Crippen molar-refractivity contribution in [1.82, 2.24) is 9.80 Å². The molecule has 1 saturated heterocycles. The lowest BCUT2D eigenvalue weighted by Gasteiger charge is -2.33. The minimum atomic E-state index is -0.0416. The van der Waals surface area contributed by atoms with Gasteiger partial charge >= 0.3 is 0 Å². The molecule has 12 heavy (non-hydrogen) atoms. The maximum atomic E-state index is 10.9. The van der Waals surface area contributed by atoms with Crippen LogP contribution in [-0.2, 0) is 9.90 Å². The van der Waals surface area contributed by atoms with E-state index in [2.05, 4.69) is 4.90 Å². The lowest BCUT2D eigenvalue weighted by molar-refractivity contribution is -0.130. The van der Waals surface area contributed by atoms with Crippen molar-refractivity contribution in [3.05, 3.63) is 0 Å². The molecule has 0 atom stereocenters. The van der Waals surface area contributed by atoms with Crippen LogP contribution in [0.4, 0.5) is 0 Å². The summed E-state index contributed by atoms with van der Waals surface area (Å²) >= 11 is 0. The van der Waals surface area contributed by atoms with Crippen LogP contribution < -0.4 is 0 Å². The number of hydrogen-bond donors (Lipinski definition) is 0. The highest BCUT2D eigenvalue weighted by molar-refractivity contribution is 5.73. The zero-order valence-corrected chi connectivity index (χ0v) is 7.45. The van der Waals surface area contributed by atoms with Crippen LogP contribution in [0, 0.1) is 0 Å². The topological polar surface area (TPSA) is 43.5 Å². The second-order valence-electron chi connectivity index (χ2n) is 3.05. The molecule has 1 rings (SSSR count). The predicted octanol–water partition coefficient (Wildman–Crippen LogP) is -0.419. The van der Waals surface area contributed by atoms with E-state index in [0.29, 0.717) is 6.54 Å². The van der Waals surface area contributed by atoms with E-state index in [4.69, 9.17) is 0 Å². The highest BCUT2D eigenvalue weighted by Crippen LogP contribution is 2.00. The average molecular weight is 171 g/mol. The number of amides is 1. The second-order valence-corrected chi connectivity index (χ2v) is 3.05. The Labute approximate surface area is 72.8 Å². The summed E-state index contributed by atoms with van der Waals surface area (Å²) in [6, 6.07) is 0. The molecule has 0 aromatic carbocycles. The average Bonchev–Trinajstić information content (AvgIpc) is 2.06. The third-order valence-corrected chi connectivity index (χ3v) is 2.23. The third kappa shape index (κ3) is 2.46. The molecular formula is C8H15N2O2. The molecule has 1 fully saturated rings. The molecule has 0 N–H and O–H groups in total. The van der Waals surface area contributed by atoms with Gasteiger partial charge in [0.25, 0.3) is 0 Å². The SMILES string of the molecule is CC(=O)N1CCN(CC[O])CC1. The highest BCUT2D eigenvalue weighted by atomic mass is 16.3. The van der Waals surface area contributed by atoms with Gasteiger partial charge in [0.05, 0.1) is 6.61 Å². The summed E-state index contributed by atoms with van der Waals surface area (Å²) in [5.74, 6) is 0.136. The van der Waals surface area contributed by atoms with Gasteiger partial charge < -0.3 is 4.90 Å². The number of hydrogen-bond acceptors (Lipinski definition) is 2. The van der Waals surface area contributed by atoms with Gasteiger partial charge in [0, 0.05) is 39.6 Å². The number of nitrogens with zero attached hydrogens (tertiary/aromatic N) is 2. The molecule has 1 aliphatic heterocycles. The first-order chi connectivity index (χ1) is 5.74. The van der Waals surface area contributed by atoms with Gasteiger partial charge in [0.2, 0.25) is 5.91 Å². The van der Waals surface area contributed by atoms with E-state index in [1.165, 1.54) is 0 Å². The molecule has 0 spiro atoms. The van der Waals surface area contributed by atoms with Gasteiger partial charge in [-0.05, 0) is 0 Å². The Morgan fingerprint density at radius 3 is 2.25 bits per heavy atom. The van der Waals surface area contributed by atoms with Gasteiger partial charge in [-0.3, -0.25) is 9.69 Å². The molecule has 0 bridgehead atoms. The Balaban J connectivity index is 2.25. The van der Waals surface area contributed by atoms with E-state index in [-0.39, 0.29) is 12.5 Å². The molecule has 4 heteroatoms. The summed E-state index contributed by atoms with van der Waals surface area (Å²) in [4.78, 5) is 14.8. The maximum Gasteiger partial charge on any atom is 0.219 e. The van der Waals surface area contributed by atoms with E-state index in [1.54, 1.807) is 6.92 Å². The second kappa shape index (κ2) is 4.42. The Morgan fingerprint density at radius 1 is 1.25 bits per heavy atom. The van der Waals surface area contributed by atoms with Gasteiger partial charge in [-0.25, -0.2) is 5.11 Å². The minimum absolute atomic E-state index is 0.0416. The Hall–Kier alpha value is -0.610. The van der Waals surface area contributed by atoms with Crippen LogP contribution in [0.15, 0.2) is 0 Å². The standard InChI is InChI=1S/C8H15N2O2/c1-8(12)10-4-2-9(3-5-10)6-7-11/h2-7H2,1H3. The van der Waals surface area contributed by atoms with Crippen molar-refractivity contribution in [2.24, 2.45) is 0 Å². The van der Waals surface area contributed by atoms with Crippen molar-refractivity contribution in [1.29, 1.82) is 0 Å². The van der Waals surface area contributed by atoms with Crippen LogP contribution in [0.2, 0.25) is 0 Å². The molecule has 4 nitrogen and oxygen atoms in total. The van der Waals surface area contributed by atoms with Crippen LogP contribution in [0.5, 0.6) is 0 Å². The fourth-order valence-electron chi connectivity index (χ4n) is 1.42. The van der Waals surface area contributed by atoms with Gasteiger partial charge in [-0.2, -0.15) is 0 Å². The summed E-state index contributed by atoms with van der Waals surface area (Å²) in [6.07, 6.45) is 0. The maximum absolute atomic E-state index is 10.9. The lowest BCUT2D eigenvalue weighted by Crippen LogP contribution is -2.48. The summed E-state index contributed by atoms with van der Waals surface area (Å²) < 4.78 is 0. The van der Waals surface area contributed by atoms with Crippen molar-refractivity contribution in [3.8, 4) is 0 Å². The van der Waals surface area contributed by atoms with E-state index >= 15 is 0 Å². The van der Waals surface area contributed by atoms with Crippen LogP contribution in [0.3, 0.4) is 0 Å². The molecule has 0 aromatic rings. The molecule has 1 radical (unpaired) electrons. The molecule has 0 aromatic heterocycles. The number of carbonyl (C=O) groups is 1. The van der Waals surface area contributed by atoms with Crippen LogP contribution in [0.25, 0.3) is 0 Å². The predicted molar refractivity (Wildman–Crippen MR) is 44.2 cm³/mol. The smallest absolute Gasteiger partial charge is 0.219 e. The van der Waals surface area contributed by atoms with Crippen molar-refractivity contribution in [3.63, 3.8) is 0 Å². The van der Waals surface area contributed by atoms with Crippen molar-refractivity contribution < 1.29 is 9.90 Å². The van der Waals surface area contributed by atoms with E-state index in [9.17, 15) is 9.90 Å². The molecule has 0 aliphatic carbocycles. The number of carbonyl (C=O) groups excluding carboxylic acids is 1. The number of piperazine rings is 1. The summed E-state index contributed by atoms with van der Waals surface area (Å²) in [6.45, 7) is 5.41. The minimum Gasteiger partial charge on any atom is -0.340 e. The highest BCUT2D eigenvalue weighted by Gasteiger charge is 2.17. The fourth-order valence-corrected chi connectivity index (χ4v) is 1.42. The van der Waals surface area contributed by atoms with Crippen LogP contribution in [-0.4, -0.2) is 55.0 Å². The number of rotatable bonds is 2. The summed E-state index contributed by atoms with van der Waals surface area (Å²) in [5, 5.41) is 10.3. The first-order valence-corrected chi connectivity index (χ1v) is 4.30. The fraction of sp³-hybridized carbons (Fsp3) is 0.875. The zero-order chi connectivity index (χ0) is 8.97. The lowest BCUT2D eigenvalue weighted by atomic mass is 10.3. The third-order valence-electron chi connectivity index (χ3n) is 2.23.